The molecule has 114 valence electrons. The van der Waals surface area contributed by atoms with Gasteiger partial charge in [-0.25, -0.2) is 0 Å². The minimum atomic E-state index is -0.250. The summed E-state index contributed by atoms with van der Waals surface area (Å²) in [4.78, 5) is 12.5. The van der Waals surface area contributed by atoms with Crippen molar-refractivity contribution in [3.05, 3.63) is 64.1 Å². The fraction of sp³-hybridized carbons (Fsp3) is 0.278. The molecule has 0 bridgehead atoms. The normalized spacial score (nSPS) is 15.4. The van der Waals surface area contributed by atoms with Crippen LogP contribution in [0.1, 0.15) is 18.4 Å². The Labute approximate surface area is 140 Å². The number of carbonyl (C=O) groups excluding carboxylic acids is 1. The van der Waals surface area contributed by atoms with Gasteiger partial charge < -0.3 is 4.74 Å². The van der Waals surface area contributed by atoms with Crippen LogP contribution in [0, 0.1) is 5.41 Å². The summed E-state index contributed by atoms with van der Waals surface area (Å²) >= 11 is 11.7. The maximum Gasteiger partial charge on any atom is 0.176 e. The van der Waals surface area contributed by atoms with Crippen molar-refractivity contribution in [2.24, 2.45) is 5.41 Å². The number of ether oxygens (including phenoxy) is 1. The van der Waals surface area contributed by atoms with Gasteiger partial charge in [-0.15, -0.1) is 0 Å². The second-order valence-corrected chi connectivity index (χ2v) is 6.62. The van der Waals surface area contributed by atoms with Gasteiger partial charge in [0.1, 0.15) is 12.4 Å². The quantitative estimate of drug-likeness (QED) is 0.745. The standard InChI is InChI=1S/C18H16Cl2O2/c19-14-3-1-13(2-4-14)11-18(9-10-18)17(21)12-22-16-7-5-15(20)6-8-16/h1-8H,9-12H2. The number of Topliss-reactive ketones (excluding diaryl/α,β-unsaturated/α-hetero) is 1. The Balaban J connectivity index is 1.59. The maximum atomic E-state index is 12.5. The molecule has 1 aliphatic rings. The van der Waals surface area contributed by atoms with Crippen molar-refractivity contribution in [1.29, 1.82) is 0 Å². The van der Waals surface area contributed by atoms with Gasteiger partial charge >= 0.3 is 0 Å². The zero-order valence-corrected chi connectivity index (χ0v) is 13.5. The van der Waals surface area contributed by atoms with Crippen LogP contribution in [0.25, 0.3) is 0 Å². The monoisotopic (exact) mass is 334 g/mol. The Bertz CT molecular complexity index is 658. The third-order valence-corrected chi connectivity index (χ3v) is 4.59. The predicted molar refractivity (Wildman–Crippen MR) is 88.8 cm³/mol. The van der Waals surface area contributed by atoms with Crippen molar-refractivity contribution >= 4 is 29.0 Å². The van der Waals surface area contributed by atoms with E-state index in [1.54, 1.807) is 24.3 Å². The third kappa shape index (κ3) is 3.63. The first-order chi connectivity index (χ1) is 10.6. The highest BCUT2D eigenvalue weighted by Gasteiger charge is 2.49. The van der Waals surface area contributed by atoms with Gasteiger partial charge in [0.25, 0.3) is 0 Å². The van der Waals surface area contributed by atoms with Crippen molar-refractivity contribution in [2.45, 2.75) is 19.3 Å². The molecule has 0 unspecified atom stereocenters. The lowest BCUT2D eigenvalue weighted by Crippen LogP contribution is -2.25. The number of benzene rings is 2. The van der Waals surface area contributed by atoms with Crippen LogP contribution in [-0.4, -0.2) is 12.4 Å². The Morgan fingerprint density at radius 2 is 1.50 bits per heavy atom. The fourth-order valence-corrected chi connectivity index (χ4v) is 2.78. The molecule has 0 heterocycles. The molecule has 4 heteroatoms. The van der Waals surface area contributed by atoms with E-state index in [1.165, 1.54) is 0 Å². The van der Waals surface area contributed by atoms with Crippen LogP contribution in [0.5, 0.6) is 5.75 Å². The van der Waals surface area contributed by atoms with Gasteiger partial charge in [-0.05, 0) is 61.2 Å². The van der Waals surface area contributed by atoms with Crippen molar-refractivity contribution < 1.29 is 9.53 Å². The Morgan fingerprint density at radius 3 is 2.05 bits per heavy atom. The molecule has 1 saturated carbocycles. The van der Waals surface area contributed by atoms with Gasteiger partial charge in [-0.2, -0.15) is 0 Å². The third-order valence-electron chi connectivity index (χ3n) is 4.08. The van der Waals surface area contributed by atoms with E-state index in [4.69, 9.17) is 27.9 Å². The van der Waals surface area contributed by atoms with Gasteiger partial charge in [0, 0.05) is 15.5 Å². The number of carbonyl (C=O) groups is 1. The van der Waals surface area contributed by atoms with E-state index < -0.39 is 0 Å². The highest BCUT2D eigenvalue weighted by molar-refractivity contribution is 6.30. The summed E-state index contributed by atoms with van der Waals surface area (Å²) in [5.74, 6) is 0.831. The van der Waals surface area contributed by atoms with Crippen LogP contribution in [0.2, 0.25) is 10.0 Å². The van der Waals surface area contributed by atoms with E-state index in [9.17, 15) is 4.79 Å². The minimum absolute atomic E-state index is 0.106. The lowest BCUT2D eigenvalue weighted by molar-refractivity contribution is -0.126. The highest BCUT2D eigenvalue weighted by atomic mass is 35.5. The summed E-state index contributed by atoms with van der Waals surface area (Å²) in [7, 11) is 0. The zero-order valence-electron chi connectivity index (χ0n) is 12.0. The molecule has 2 aromatic rings. The van der Waals surface area contributed by atoms with Crippen molar-refractivity contribution in [1.82, 2.24) is 0 Å². The minimum Gasteiger partial charge on any atom is -0.486 e. The maximum absolute atomic E-state index is 12.5. The van der Waals surface area contributed by atoms with Crippen LogP contribution < -0.4 is 4.74 Å². The molecule has 0 radical (unpaired) electrons. The number of halogens is 2. The second kappa shape index (κ2) is 6.31. The summed E-state index contributed by atoms with van der Waals surface area (Å²) < 4.78 is 5.58. The molecule has 0 N–H and O–H groups in total. The lowest BCUT2D eigenvalue weighted by Gasteiger charge is -2.15. The molecular weight excluding hydrogens is 319 g/mol. The number of hydrogen-bond acceptors (Lipinski definition) is 2. The molecule has 0 saturated heterocycles. The summed E-state index contributed by atoms with van der Waals surface area (Å²) in [5, 5.41) is 1.37. The molecule has 1 fully saturated rings. The highest BCUT2D eigenvalue weighted by Crippen LogP contribution is 2.49. The van der Waals surface area contributed by atoms with Crippen LogP contribution in [0.15, 0.2) is 48.5 Å². The summed E-state index contributed by atoms with van der Waals surface area (Å²) in [6, 6.07) is 14.7. The Morgan fingerprint density at radius 1 is 0.955 bits per heavy atom. The molecule has 2 aromatic carbocycles. The van der Waals surface area contributed by atoms with Gasteiger partial charge in [0.15, 0.2) is 5.78 Å². The largest absolute Gasteiger partial charge is 0.486 e. The Kier molecular flexibility index (Phi) is 4.42. The smallest absolute Gasteiger partial charge is 0.176 e. The summed E-state index contributed by atoms with van der Waals surface area (Å²) in [5.41, 5.74) is 0.891. The van der Waals surface area contributed by atoms with Crippen molar-refractivity contribution in [3.63, 3.8) is 0 Å². The zero-order chi connectivity index (χ0) is 15.6. The van der Waals surface area contributed by atoms with E-state index in [2.05, 4.69) is 0 Å². The fourth-order valence-electron chi connectivity index (χ4n) is 2.53. The molecule has 0 atom stereocenters. The first kappa shape index (κ1) is 15.4. The first-order valence-electron chi connectivity index (χ1n) is 7.24. The number of rotatable bonds is 6. The molecular formula is C18H16Cl2O2. The lowest BCUT2D eigenvalue weighted by atomic mass is 9.92. The van der Waals surface area contributed by atoms with Gasteiger partial charge in [0.2, 0.25) is 0 Å². The van der Waals surface area contributed by atoms with E-state index >= 15 is 0 Å². The second-order valence-electron chi connectivity index (χ2n) is 5.75. The molecule has 0 aromatic heterocycles. The number of hydrogen-bond donors (Lipinski definition) is 0. The molecule has 1 aliphatic carbocycles. The van der Waals surface area contributed by atoms with E-state index in [-0.39, 0.29) is 17.8 Å². The SMILES string of the molecule is O=C(COc1ccc(Cl)cc1)C1(Cc2ccc(Cl)cc2)CC1. The average molecular weight is 335 g/mol. The van der Waals surface area contributed by atoms with Crippen LogP contribution in [0.3, 0.4) is 0 Å². The average Bonchev–Trinajstić information content (AvgIpc) is 3.30. The van der Waals surface area contributed by atoms with E-state index in [1.807, 2.05) is 24.3 Å². The molecule has 0 aliphatic heterocycles. The van der Waals surface area contributed by atoms with E-state index in [0.29, 0.717) is 15.8 Å². The van der Waals surface area contributed by atoms with Gasteiger partial charge in [-0.3, -0.25) is 4.79 Å². The van der Waals surface area contributed by atoms with Crippen LogP contribution in [0.4, 0.5) is 0 Å². The topological polar surface area (TPSA) is 26.3 Å². The molecule has 0 amide bonds. The molecule has 2 nitrogen and oxygen atoms in total. The molecule has 22 heavy (non-hydrogen) atoms. The van der Waals surface area contributed by atoms with Gasteiger partial charge in [0.05, 0.1) is 0 Å². The van der Waals surface area contributed by atoms with Crippen molar-refractivity contribution in [3.8, 4) is 5.75 Å². The van der Waals surface area contributed by atoms with Crippen LogP contribution in [-0.2, 0) is 11.2 Å². The van der Waals surface area contributed by atoms with Gasteiger partial charge in [-0.1, -0.05) is 35.3 Å². The summed E-state index contributed by atoms with van der Waals surface area (Å²) in [6.07, 6.45) is 2.61. The first-order valence-corrected chi connectivity index (χ1v) is 7.99. The van der Waals surface area contributed by atoms with Crippen molar-refractivity contribution in [2.75, 3.05) is 6.61 Å². The molecule has 3 rings (SSSR count). The summed E-state index contributed by atoms with van der Waals surface area (Å²) in [6.45, 7) is 0.106. The Hall–Kier alpha value is -1.51. The number of ketones is 1. The van der Waals surface area contributed by atoms with Crippen LogP contribution >= 0.6 is 23.2 Å². The molecule has 0 spiro atoms. The van der Waals surface area contributed by atoms with E-state index in [0.717, 1.165) is 24.8 Å². The predicted octanol–water partition coefficient (Wildman–Crippen LogP) is 4.96.